The van der Waals surface area contributed by atoms with E-state index < -0.39 is 21.3 Å². The zero-order chi connectivity index (χ0) is 8.70. The number of ether oxygens (including phenoxy) is 1. The van der Waals surface area contributed by atoms with Gasteiger partial charge in [-0.15, -0.1) is 12.4 Å². The number of carbonyl (C=O) groups is 1. The minimum atomic E-state index is -3.07. The molecule has 0 amide bonds. The molecule has 0 bridgehead atoms. The molecule has 12 heavy (non-hydrogen) atoms. The van der Waals surface area contributed by atoms with Crippen molar-refractivity contribution in [2.45, 2.75) is 5.54 Å². The molecule has 72 valence electrons. The first-order valence-electron chi connectivity index (χ1n) is 2.97. The zero-order valence-electron chi connectivity index (χ0n) is 6.44. The molecule has 0 aromatic rings. The largest absolute Gasteiger partial charge is 0.468 e. The molecule has 7 heteroatoms. The Kier molecular flexibility index (Phi) is 3.11. The first-order valence-corrected chi connectivity index (χ1v) is 4.79. The number of esters is 1. The van der Waals surface area contributed by atoms with Crippen LogP contribution in [-0.4, -0.2) is 38.5 Å². The highest BCUT2D eigenvalue weighted by Crippen LogP contribution is 2.21. The van der Waals surface area contributed by atoms with E-state index >= 15 is 0 Å². The van der Waals surface area contributed by atoms with E-state index in [1.165, 1.54) is 7.11 Å². The number of carbonyl (C=O) groups excluding carboxylic acids is 1. The Bertz CT molecular complexity index is 274. The van der Waals surface area contributed by atoms with Gasteiger partial charge in [0.25, 0.3) is 0 Å². The van der Waals surface area contributed by atoms with Gasteiger partial charge >= 0.3 is 5.97 Å². The smallest absolute Gasteiger partial charge is 0.327 e. The molecule has 1 aliphatic rings. The maximum atomic E-state index is 10.8. The van der Waals surface area contributed by atoms with Crippen LogP contribution in [-0.2, 0) is 19.4 Å². The van der Waals surface area contributed by atoms with Gasteiger partial charge < -0.3 is 10.5 Å². The van der Waals surface area contributed by atoms with Gasteiger partial charge in [-0.3, -0.25) is 0 Å². The first-order chi connectivity index (χ1) is 4.90. The lowest BCUT2D eigenvalue weighted by Gasteiger charge is -2.33. The van der Waals surface area contributed by atoms with Gasteiger partial charge in [-0.05, 0) is 0 Å². The fourth-order valence-electron chi connectivity index (χ4n) is 1.06. The molecule has 2 N–H and O–H groups in total. The number of hydrogen-bond acceptors (Lipinski definition) is 5. The standard InChI is InChI=1S/C5H9NO4S.ClH/c1-10-4(7)5(6)2-11(8,9)3-5;/h2-3,6H2,1H3;1H. The number of hydrogen-bond donors (Lipinski definition) is 1. The van der Waals surface area contributed by atoms with Crippen LogP contribution in [0, 0.1) is 0 Å². The third kappa shape index (κ3) is 1.88. The van der Waals surface area contributed by atoms with Crippen molar-refractivity contribution in [1.29, 1.82) is 0 Å². The third-order valence-corrected chi connectivity index (χ3v) is 3.46. The van der Waals surface area contributed by atoms with E-state index in [-0.39, 0.29) is 23.9 Å². The second kappa shape index (κ2) is 3.20. The highest BCUT2D eigenvalue weighted by molar-refractivity contribution is 7.93. The molecule has 5 nitrogen and oxygen atoms in total. The molecule has 1 aliphatic heterocycles. The van der Waals surface area contributed by atoms with Crippen LogP contribution in [0.1, 0.15) is 0 Å². The summed E-state index contributed by atoms with van der Waals surface area (Å²) in [7, 11) is -1.89. The lowest BCUT2D eigenvalue weighted by molar-refractivity contribution is -0.145. The molecule has 0 aromatic carbocycles. The van der Waals surface area contributed by atoms with E-state index in [0.29, 0.717) is 0 Å². The Hall–Kier alpha value is -0.330. The van der Waals surface area contributed by atoms with Crippen LogP contribution in [0.3, 0.4) is 0 Å². The summed E-state index contributed by atoms with van der Waals surface area (Å²) < 4.78 is 25.6. The lowest BCUT2D eigenvalue weighted by atomic mass is 10.1. The summed E-state index contributed by atoms with van der Waals surface area (Å²) in [6.45, 7) is 0. The van der Waals surface area contributed by atoms with Gasteiger partial charge in [0.1, 0.15) is 5.54 Å². The maximum absolute atomic E-state index is 10.8. The number of rotatable bonds is 1. The molecule has 1 saturated heterocycles. The normalized spacial score (nSPS) is 23.2. The summed E-state index contributed by atoms with van der Waals surface area (Å²) in [5, 5.41) is 0. The molecular formula is C5H10ClNO4S. The molecule has 1 rings (SSSR count). The molecule has 1 fully saturated rings. The number of halogens is 1. The van der Waals surface area contributed by atoms with E-state index in [1.54, 1.807) is 0 Å². The summed E-state index contributed by atoms with van der Waals surface area (Å²) in [6, 6.07) is 0. The predicted molar refractivity (Wildman–Crippen MR) is 44.8 cm³/mol. The van der Waals surface area contributed by atoms with Crippen LogP contribution >= 0.6 is 12.4 Å². The van der Waals surface area contributed by atoms with Crippen molar-refractivity contribution >= 4 is 28.2 Å². The van der Waals surface area contributed by atoms with Gasteiger partial charge in [-0.2, -0.15) is 0 Å². The predicted octanol–water partition coefficient (Wildman–Crippen LogP) is -1.29. The molecule has 0 aromatic heterocycles. The Morgan fingerprint density at radius 3 is 2.17 bits per heavy atom. The van der Waals surface area contributed by atoms with Crippen LogP contribution in [0.2, 0.25) is 0 Å². The molecule has 0 spiro atoms. The van der Waals surface area contributed by atoms with Crippen LogP contribution < -0.4 is 5.73 Å². The number of methoxy groups -OCH3 is 1. The Balaban J connectivity index is 0.00000121. The molecule has 0 atom stereocenters. The lowest BCUT2D eigenvalue weighted by Crippen LogP contribution is -2.66. The van der Waals surface area contributed by atoms with Crippen molar-refractivity contribution in [2.24, 2.45) is 5.73 Å². The van der Waals surface area contributed by atoms with Gasteiger partial charge in [-0.1, -0.05) is 0 Å². The summed E-state index contributed by atoms with van der Waals surface area (Å²) in [5.74, 6) is -1.26. The zero-order valence-corrected chi connectivity index (χ0v) is 8.07. The van der Waals surface area contributed by atoms with Crippen molar-refractivity contribution in [3.8, 4) is 0 Å². The van der Waals surface area contributed by atoms with Crippen molar-refractivity contribution in [3.05, 3.63) is 0 Å². The van der Waals surface area contributed by atoms with Gasteiger partial charge in [-0.25, -0.2) is 13.2 Å². The van der Waals surface area contributed by atoms with E-state index in [2.05, 4.69) is 4.74 Å². The first kappa shape index (κ1) is 11.7. The van der Waals surface area contributed by atoms with Crippen LogP contribution in [0.5, 0.6) is 0 Å². The molecule has 0 saturated carbocycles. The molecule has 1 heterocycles. The second-order valence-corrected chi connectivity index (χ2v) is 4.74. The van der Waals surface area contributed by atoms with Gasteiger partial charge in [0.15, 0.2) is 9.84 Å². The van der Waals surface area contributed by atoms with E-state index in [4.69, 9.17) is 5.73 Å². The molecule has 0 aliphatic carbocycles. The molecule has 0 unspecified atom stereocenters. The molecule has 0 radical (unpaired) electrons. The SMILES string of the molecule is COC(=O)C1(N)CS(=O)(=O)C1.Cl. The van der Waals surface area contributed by atoms with Crippen molar-refractivity contribution in [2.75, 3.05) is 18.6 Å². The molecular weight excluding hydrogens is 206 g/mol. The Morgan fingerprint density at radius 1 is 1.50 bits per heavy atom. The second-order valence-electron chi connectivity index (χ2n) is 2.68. The van der Waals surface area contributed by atoms with Crippen LogP contribution in [0.4, 0.5) is 0 Å². The van der Waals surface area contributed by atoms with Gasteiger partial charge in [0, 0.05) is 0 Å². The van der Waals surface area contributed by atoms with E-state index in [0.717, 1.165) is 0 Å². The summed E-state index contributed by atoms with van der Waals surface area (Å²) in [6.07, 6.45) is 0. The summed E-state index contributed by atoms with van der Waals surface area (Å²) in [4.78, 5) is 10.8. The van der Waals surface area contributed by atoms with Crippen molar-refractivity contribution in [1.82, 2.24) is 0 Å². The highest BCUT2D eigenvalue weighted by atomic mass is 35.5. The highest BCUT2D eigenvalue weighted by Gasteiger charge is 2.52. The van der Waals surface area contributed by atoms with Crippen molar-refractivity contribution < 1.29 is 17.9 Å². The fourth-order valence-corrected chi connectivity index (χ4v) is 2.78. The summed E-state index contributed by atoms with van der Waals surface area (Å²) in [5.41, 5.74) is 4.09. The monoisotopic (exact) mass is 215 g/mol. The Morgan fingerprint density at radius 2 is 1.92 bits per heavy atom. The topological polar surface area (TPSA) is 86.5 Å². The number of nitrogens with two attached hydrogens (primary N) is 1. The third-order valence-electron chi connectivity index (χ3n) is 1.55. The van der Waals surface area contributed by atoms with E-state index in [9.17, 15) is 13.2 Å². The minimum Gasteiger partial charge on any atom is -0.468 e. The quantitative estimate of drug-likeness (QED) is 0.550. The maximum Gasteiger partial charge on any atom is 0.327 e. The average molecular weight is 216 g/mol. The Labute approximate surface area is 76.6 Å². The van der Waals surface area contributed by atoms with E-state index in [1.807, 2.05) is 0 Å². The van der Waals surface area contributed by atoms with Crippen molar-refractivity contribution in [3.63, 3.8) is 0 Å². The summed E-state index contributed by atoms with van der Waals surface area (Å²) >= 11 is 0. The van der Waals surface area contributed by atoms with Gasteiger partial charge in [0.05, 0.1) is 18.6 Å². The van der Waals surface area contributed by atoms with Gasteiger partial charge in [0.2, 0.25) is 0 Å². The minimum absolute atomic E-state index is 0. The van der Waals surface area contributed by atoms with Crippen LogP contribution in [0.25, 0.3) is 0 Å². The van der Waals surface area contributed by atoms with Crippen LogP contribution in [0.15, 0.2) is 0 Å². The average Bonchev–Trinajstić information content (AvgIpc) is 1.81. The number of sulfone groups is 1. The fraction of sp³-hybridized carbons (Fsp3) is 0.800.